The van der Waals surface area contributed by atoms with Gasteiger partial charge in [-0.25, -0.2) is 0 Å². The van der Waals surface area contributed by atoms with E-state index in [-0.39, 0.29) is 12.5 Å². The van der Waals surface area contributed by atoms with Gasteiger partial charge < -0.3 is 14.4 Å². The van der Waals surface area contributed by atoms with Gasteiger partial charge in [-0.15, -0.1) is 0 Å². The molecule has 0 aromatic heterocycles. The average Bonchev–Trinajstić information content (AvgIpc) is 2.30. The highest BCUT2D eigenvalue weighted by Gasteiger charge is 2.08. The van der Waals surface area contributed by atoms with Crippen molar-refractivity contribution in [1.29, 1.82) is 0 Å². The second-order valence-corrected chi connectivity index (χ2v) is 3.47. The fourth-order valence-corrected chi connectivity index (χ4v) is 1.27. The molecule has 0 aliphatic rings. The van der Waals surface area contributed by atoms with Gasteiger partial charge >= 0.3 is 0 Å². The van der Waals surface area contributed by atoms with Crippen LogP contribution in [0.3, 0.4) is 0 Å². The lowest BCUT2D eigenvalue weighted by molar-refractivity contribution is -0.131. The van der Waals surface area contributed by atoms with E-state index in [1.807, 2.05) is 24.3 Å². The Morgan fingerprint density at radius 1 is 1.38 bits per heavy atom. The monoisotopic (exact) mass is 221 g/mol. The highest BCUT2D eigenvalue weighted by atomic mass is 16.5. The van der Waals surface area contributed by atoms with Gasteiger partial charge in [0.25, 0.3) is 0 Å². The molecule has 0 spiro atoms. The molecule has 4 nitrogen and oxygen atoms in total. The van der Waals surface area contributed by atoms with Gasteiger partial charge in [-0.1, -0.05) is 12.1 Å². The lowest BCUT2D eigenvalue weighted by atomic mass is 10.1. The smallest absolute Gasteiger partial charge is 0.227 e. The Morgan fingerprint density at radius 3 is 2.50 bits per heavy atom. The summed E-state index contributed by atoms with van der Waals surface area (Å²) >= 11 is 0. The lowest BCUT2D eigenvalue weighted by Gasteiger charge is -2.13. The SMILES string of the molecule is COc1ccc(CC(=O)N(C)CC=O)cc1. The van der Waals surface area contributed by atoms with Crippen LogP contribution in [0.25, 0.3) is 0 Å². The highest BCUT2D eigenvalue weighted by molar-refractivity contribution is 5.80. The van der Waals surface area contributed by atoms with Gasteiger partial charge in [0.1, 0.15) is 12.0 Å². The topological polar surface area (TPSA) is 46.6 Å². The summed E-state index contributed by atoms with van der Waals surface area (Å²) in [4.78, 5) is 23.2. The summed E-state index contributed by atoms with van der Waals surface area (Å²) in [5.74, 6) is 0.690. The van der Waals surface area contributed by atoms with Crippen molar-refractivity contribution in [2.24, 2.45) is 0 Å². The minimum absolute atomic E-state index is 0.0720. The Labute approximate surface area is 94.8 Å². The maximum atomic E-state index is 11.6. The number of hydrogen-bond acceptors (Lipinski definition) is 3. The number of benzene rings is 1. The first-order chi connectivity index (χ1) is 7.67. The van der Waals surface area contributed by atoms with Crippen molar-refractivity contribution in [3.05, 3.63) is 29.8 Å². The van der Waals surface area contributed by atoms with Gasteiger partial charge in [-0.2, -0.15) is 0 Å². The van der Waals surface area contributed by atoms with E-state index in [0.717, 1.165) is 11.3 Å². The molecule has 0 aliphatic carbocycles. The Morgan fingerprint density at radius 2 is 2.00 bits per heavy atom. The molecule has 0 atom stereocenters. The molecule has 0 saturated heterocycles. The first-order valence-corrected chi connectivity index (χ1v) is 4.98. The fraction of sp³-hybridized carbons (Fsp3) is 0.333. The van der Waals surface area contributed by atoms with Gasteiger partial charge in [0.05, 0.1) is 20.1 Å². The number of rotatable bonds is 5. The third-order valence-corrected chi connectivity index (χ3v) is 2.29. The molecule has 1 amide bonds. The molecule has 4 heteroatoms. The molecule has 0 saturated carbocycles. The number of aldehydes is 1. The molecular weight excluding hydrogens is 206 g/mol. The van der Waals surface area contributed by atoms with Crippen molar-refractivity contribution >= 4 is 12.2 Å². The zero-order chi connectivity index (χ0) is 12.0. The Hall–Kier alpha value is -1.84. The first-order valence-electron chi connectivity index (χ1n) is 4.98. The van der Waals surface area contributed by atoms with Crippen molar-refractivity contribution in [3.63, 3.8) is 0 Å². The molecule has 1 aromatic rings. The van der Waals surface area contributed by atoms with Crippen molar-refractivity contribution in [2.45, 2.75) is 6.42 Å². The van der Waals surface area contributed by atoms with E-state index in [2.05, 4.69) is 0 Å². The number of carbonyl (C=O) groups is 2. The highest BCUT2D eigenvalue weighted by Crippen LogP contribution is 2.12. The predicted octanol–water partition coefficient (Wildman–Crippen LogP) is 0.895. The maximum absolute atomic E-state index is 11.6. The van der Waals surface area contributed by atoms with Crippen LogP contribution >= 0.6 is 0 Å². The Balaban J connectivity index is 2.58. The minimum Gasteiger partial charge on any atom is -0.497 e. The summed E-state index contributed by atoms with van der Waals surface area (Å²) in [6.07, 6.45) is 1.01. The van der Waals surface area contributed by atoms with Crippen molar-refractivity contribution in [3.8, 4) is 5.75 Å². The Bertz CT molecular complexity index is 359. The van der Waals surface area contributed by atoms with Gasteiger partial charge in [0, 0.05) is 7.05 Å². The van der Waals surface area contributed by atoms with Crippen LogP contribution in [0, 0.1) is 0 Å². The van der Waals surface area contributed by atoms with Gasteiger partial charge in [0.15, 0.2) is 0 Å². The second kappa shape index (κ2) is 5.90. The summed E-state index contributed by atoms with van der Waals surface area (Å²) < 4.78 is 5.02. The third kappa shape index (κ3) is 3.38. The van der Waals surface area contributed by atoms with E-state index < -0.39 is 0 Å². The fourth-order valence-electron chi connectivity index (χ4n) is 1.27. The number of carbonyl (C=O) groups excluding carboxylic acids is 2. The molecular formula is C12H15NO3. The van der Waals surface area contributed by atoms with E-state index in [0.29, 0.717) is 12.7 Å². The van der Waals surface area contributed by atoms with Crippen LogP contribution in [0.2, 0.25) is 0 Å². The lowest BCUT2D eigenvalue weighted by Crippen LogP contribution is -2.29. The van der Waals surface area contributed by atoms with Crippen molar-refractivity contribution in [1.82, 2.24) is 4.90 Å². The third-order valence-electron chi connectivity index (χ3n) is 2.29. The van der Waals surface area contributed by atoms with Crippen LogP contribution in [0.15, 0.2) is 24.3 Å². The molecule has 86 valence electrons. The quantitative estimate of drug-likeness (QED) is 0.694. The van der Waals surface area contributed by atoms with Gasteiger partial charge in [-0.05, 0) is 17.7 Å². The summed E-state index contributed by atoms with van der Waals surface area (Å²) in [5, 5.41) is 0. The number of amides is 1. The molecule has 0 radical (unpaired) electrons. The molecule has 1 rings (SSSR count). The zero-order valence-electron chi connectivity index (χ0n) is 9.47. The molecule has 1 aromatic carbocycles. The van der Waals surface area contributed by atoms with Crippen molar-refractivity contribution < 1.29 is 14.3 Å². The molecule has 16 heavy (non-hydrogen) atoms. The van der Waals surface area contributed by atoms with Crippen LogP contribution in [0.5, 0.6) is 5.75 Å². The normalized spacial score (nSPS) is 9.62. The standard InChI is InChI=1S/C12H15NO3/c1-13(7-8-14)12(15)9-10-3-5-11(16-2)6-4-10/h3-6,8H,7,9H2,1-2H3. The van der Waals surface area contributed by atoms with E-state index in [4.69, 9.17) is 4.74 Å². The van der Waals surface area contributed by atoms with Gasteiger partial charge in [0.2, 0.25) is 5.91 Å². The van der Waals surface area contributed by atoms with Crippen LogP contribution in [-0.2, 0) is 16.0 Å². The summed E-state index contributed by atoms with van der Waals surface area (Å²) in [6.45, 7) is 0.134. The number of hydrogen-bond donors (Lipinski definition) is 0. The van der Waals surface area contributed by atoms with Crippen LogP contribution in [0.1, 0.15) is 5.56 Å². The summed E-state index contributed by atoms with van der Waals surface area (Å²) in [5.41, 5.74) is 0.906. The molecule has 0 aliphatic heterocycles. The van der Waals surface area contributed by atoms with Gasteiger partial charge in [-0.3, -0.25) is 4.79 Å². The molecule has 0 unspecified atom stereocenters. The van der Waals surface area contributed by atoms with Crippen molar-refractivity contribution in [2.75, 3.05) is 20.7 Å². The molecule has 0 fully saturated rings. The largest absolute Gasteiger partial charge is 0.497 e. The molecule has 0 heterocycles. The maximum Gasteiger partial charge on any atom is 0.227 e. The van der Waals surface area contributed by atoms with Crippen LogP contribution in [-0.4, -0.2) is 37.8 Å². The zero-order valence-corrected chi connectivity index (χ0v) is 9.47. The Kier molecular flexibility index (Phi) is 4.51. The average molecular weight is 221 g/mol. The van der Waals surface area contributed by atoms with Crippen LogP contribution < -0.4 is 4.74 Å². The number of methoxy groups -OCH3 is 1. The molecule has 0 bridgehead atoms. The minimum atomic E-state index is -0.0720. The number of nitrogens with zero attached hydrogens (tertiary/aromatic N) is 1. The van der Waals surface area contributed by atoms with E-state index in [9.17, 15) is 9.59 Å². The molecule has 0 N–H and O–H groups in total. The van der Waals surface area contributed by atoms with E-state index in [1.165, 1.54) is 4.90 Å². The summed E-state index contributed by atoms with van der Waals surface area (Å²) in [6, 6.07) is 7.29. The summed E-state index contributed by atoms with van der Waals surface area (Å²) in [7, 11) is 3.21. The first kappa shape index (κ1) is 12.2. The second-order valence-electron chi connectivity index (χ2n) is 3.47. The van der Waals surface area contributed by atoms with E-state index >= 15 is 0 Å². The predicted molar refractivity (Wildman–Crippen MR) is 60.4 cm³/mol. The number of likely N-dealkylation sites (N-methyl/N-ethyl adjacent to an activating group) is 1. The number of ether oxygens (including phenoxy) is 1. The van der Waals surface area contributed by atoms with Crippen LogP contribution in [0.4, 0.5) is 0 Å². The van der Waals surface area contributed by atoms with E-state index in [1.54, 1.807) is 14.2 Å².